The van der Waals surface area contributed by atoms with Gasteiger partial charge in [0.15, 0.2) is 5.96 Å². The second-order valence-electron chi connectivity index (χ2n) is 4.71. The van der Waals surface area contributed by atoms with Gasteiger partial charge in [-0.25, -0.2) is 4.98 Å². The minimum absolute atomic E-state index is 0. The first-order valence-corrected chi connectivity index (χ1v) is 7.64. The smallest absolute Gasteiger partial charge is 0.248 e. The van der Waals surface area contributed by atoms with Gasteiger partial charge in [-0.1, -0.05) is 12.1 Å². The molecule has 124 valence electrons. The number of rotatable bonds is 5. The predicted octanol–water partition coefficient (Wildman–Crippen LogP) is 2.03. The van der Waals surface area contributed by atoms with Crippen molar-refractivity contribution in [1.29, 1.82) is 0 Å². The minimum Gasteiger partial charge on any atom is -0.366 e. The molecule has 0 atom stereocenters. The Hall–Kier alpha value is -1.68. The van der Waals surface area contributed by atoms with Crippen molar-refractivity contribution in [3.8, 4) is 0 Å². The number of benzene rings is 1. The van der Waals surface area contributed by atoms with Gasteiger partial charge in [-0.2, -0.15) is 0 Å². The molecule has 2 aromatic rings. The van der Waals surface area contributed by atoms with E-state index >= 15 is 0 Å². The van der Waals surface area contributed by atoms with Crippen LogP contribution in [0, 0.1) is 6.92 Å². The first kappa shape index (κ1) is 19.4. The molecule has 0 unspecified atom stereocenters. The number of aliphatic imine (C=N–C) groups is 1. The average Bonchev–Trinajstić information content (AvgIpc) is 2.93. The zero-order valence-electron chi connectivity index (χ0n) is 13.0. The van der Waals surface area contributed by atoms with Crippen molar-refractivity contribution >= 4 is 47.2 Å². The third-order valence-electron chi connectivity index (χ3n) is 3.00. The first-order chi connectivity index (χ1) is 10.6. The average molecular weight is 445 g/mol. The fraction of sp³-hybridized carbons (Fsp3) is 0.267. The molecule has 0 radical (unpaired) electrons. The summed E-state index contributed by atoms with van der Waals surface area (Å²) in [6.07, 6.45) is 1.86. The number of primary amides is 1. The van der Waals surface area contributed by atoms with Crippen LogP contribution in [0.25, 0.3) is 0 Å². The van der Waals surface area contributed by atoms with Gasteiger partial charge in [-0.05, 0) is 24.6 Å². The second-order valence-corrected chi connectivity index (χ2v) is 6.02. The molecule has 1 aromatic heterocycles. The van der Waals surface area contributed by atoms with Crippen LogP contribution in [0.4, 0.5) is 0 Å². The zero-order valence-corrected chi connectivity index (χ0v) is 16.1. The lowest BCUT2D eigenvalue weighted by Crippen LogP contribution is -2.36. The van der Waals surface area contributed by atoms with Crippen molar-refractivity contribution in [2.24, 2.45) is 10.7 Å². The number of guanidine groups is 1. The lowest BCUT2D eigenvalue weighted by Gasteiger charge is -2.11. The maximum absolute atomic E-state index is 11.0. The lowest BCUT2D eigenvalue weighted by molar-refractivity contribution is 0.100. The number of thiazole rings is 1. The maximum Gasteiger partial charge on any atom is 0.248 e. The molecule has 0 aliphatic carbocycles. The summed E-state index contributed by atoms with van der Waals surface area (Å²) in [4.78, 5) is 20.7. The van der Waals surface area contributed by atoms with Gasteiger partial charge in [0, 0.05) is 30.2 Å². The monoisotopic (exact) mass is 445 g/mol. The van der Waals surface area contributed by atoms with E-state index in [1.54, 1.807) is 30.5 Å². The van der Waals surface area contributed by atoms with Crippen LogP contribution in [-0.2, 0) is 13.1 Å². The summed E-state index contributed by atoms with van der Waals surface area (Å²) in [6.45, 7) is 3.28. The van der Waals surface area contributed by atoms with E-state index in [-0.39, 0.29) is 24.0 Å². The quantitative estimate of drug-likeness (QED) is 0.373. The number of nitrogens with two attached hydrogens (primary N) is 1. The Morgan fingerprint density at radius 3 is 2.43 bits per heavy atom. The highest BCUT2D eigenvalue weighted by atomic mass is 127. The highest BCUT2D eigenvalue weighted by Gasteiger charge is 2.03. The van der Waals surface area contributed by atoms with Gasteiger partial charge in [0.2, 0.25) is 5.91 Å². The van der Waals surface area contributed by atoms with Crippen LogP contribution in [0.5, 0.6) is 0 Å². The number of amides is 1. The number of hydrogen-bond donors (Lipinski definition) is 3. The van der Waals surface area contributed by atoms with Crippen molar-refractivity contribution in [2.75, 3.05) is 7.05 Å². The van der Waals surface area contributed by atoms with E-state index in [0.29, 0.717) is 24.6 Å². The molecule has 0 fully saturated rings. The van der Waals surface area contributed by atoms with Gasteiger partial charge >= 0.3 is 0 Å². The molecule has 1 amide bonds. The van der Waals surface area contributed by atoms with E-state index in [1.165, 1.54) is 4.88 Å². The Morgan fingerprint density at radius 2 is 1.91 bits per heavy atom. The third kappa shape index (κ3) is 6.14. The topological polar surface area (TPSA) is 92.4 Å². The summed E-state index contributed by atoms with van der Waals surface area (Å²) in [5.74, 6) is 0.280. The number of carbonyl (C=O) groups excluding carboxylic acids is 1. The molecule has 2 rings (SSSR count). The van der Waals surface area contributed by atoms with Crippen LogP contribution in [0.1, 0.15) is 25.8 Å². The molecule has 0 spiro atoms. The molecule has 1 aromatic carbocycles. The van der Waals surface area contributed by atoms with Crippen molar-refractivity contribution < 1.29 is 4.79 Å². The van der Waals surface area contributed by atoms with E-state index in [0.717, 1.165) is 10.6 Å². The second kappa shape index (κ2) is 9.46. The molecule has 0 aliphatic rings. The minimum atomic E-state index is -0.421. The number of halogens is 1. The van der Waals surface area contributed by atoms with E-state index in [9.17, 15) is 4.79 Å². The SMILES string of the molecule is CN=C(NCc1ccc(C(N)=O)cc1)NCc1ncc(C)s1.I. The summed E-state index contributed by atoms with van der Waals surface area (Å²) >= 11 is 1.66. The van der Waals surface area contributed by atoms with Crippen LogP contribution < -0.4 is 16.4 Å². The summed E-state index contributed by atoms with van der Waals surface area (Å²) in [5, 5.41) is 7.44. The summed E-state index contributed by atoms with van der Waals surface area (Å²) < 4.78 is 0. The van der Waals surface area contributed by atoms with Gasteiger partial charge in [0.25, 0.3) is 0 Å². The molecular formula is C15H20IN5OS. The van der Waals surface area contributed by atoms with Crippen LogP contribution in [0.15, 0.2) is 35.5 Å². The van der Waals surface area contributed by atoms with Crippen LogP contribution >= 0.6 is 35.3 Å². The first-order valence-electron chi connectivity index (χ1n) is 6.83. The van der Waals surface area contributed by atoms with E-state index in [1.807, 2.05) is 25.3 Å². The highest BCUT2D eigenvalue weighted by Crippen LogP contribution is 2.10. The van der Waals surface area contributed by atoms with Gasteiger partial charge in [0.05, 0.1) is 6.54 Å². The third-order valence-corrected chi connectivity index (χ3v) is 3.91. The highest BCUT2D eigenvalue weighted by molar-refractivity contribution is 14.0. The van der Waals surface area contributed by atoms with Crippen molar-refractivity contribution in [3.05, 3.63) is 51.5 Å². The Morgan fingerprint density at radius 1 is 1.26 bits per heavy atom. The fourth-order valence-corrected chi connectivity index (χ4v) is 2.56. The van der Waals surface area contributed by atoms with Gasteiger partial charge in [0.1, 0.15) is 5.01 Å². The van der Waals surface area contributed by atoms with Crippen LogP contribution in [0.2, 0.25) is 0 Å². The maximum atomic E-state index is 11.0. The molecule has 0 aliphatic heterocycles. The van der Waals surface area contributed by atoms with Crippen LogP contribution in [0.3, 0.4) is 0 Å². The lowest BCUT2D eigenvalue weighted by atomic mass is 10.1. The molecule has 8 heteroatoms. The molecule has 23 heavy (non-hydrogen) atoms. The zero-order chi connectivity index (χ0) is 15.9. The predicted molar refractivity (Wildman–Crippen MR) is 104 cm³/mol. The molecule has 6 nitrogen and oxygen atoms in total. The van der Waals surface area contributed by atoms with Gasteiger partial charge in [-0.3, -0.25) is 9.79 Å². The van der Waals surface area contributed by atoms with Crippen molar-refractivity contribution in [2.45, 2.75) is 20.0 Å². The summed E-state index contributed by atoms with van der Waals surface area (Å²) in [5.41, 5.74) is 6.76. The van der Waals surface area contributed by atoms with Crippen LogP contribution in [-0.4, -0.2) is 23.9 Å². The Kier molecular flexibility index (Phi) is 7.96. The largest absolute Gasteiger partial charge is 0.366 e. The van der Waals surface area contributed by atoms with Gasteiger partial charge in [-0.15, -0.1) is 35.3 Å². The van der Waals surface area contributed by atoms with E-state index in [4.69, 9.17) is 5.73 Å². The Balaban J connectivity index is 0.00000264. The number of aromatic nitrogens is 1. The van der Waals surface area contributed by atoms with E-state index in [2.05, 4.69) is 20.6 Å². The number of nitrogens with one attached hydrogen (secondary N) is 2. The molecule has 4 N–H and O–H groups in total. The molecule has 0 bridgehead atoms. The van der Waals surface area contributed by atoms with E-state index < -0.39 is 5.91 Å². The summed E-state index contributed by atoms with van der Waals surface area (Å²) in [7, 11) is 1.72. The van der Waals surface area contributed by atoms with Crippen molar-refractivity contribution in [3.63, 3.8) is 0 Å². The number of hydrogen-bond acceptors (Lipinski definition) is 4. The molecular weight excluding hydrogens is 425 g/mol. The summed E-state index contributed by atoms with van der Waals surface area (Å²) in [6, 6.07) is 7.16. The van der Waals surface area contributed by atoms with Gasteiger partial charge < -0.3 is 16.4 Å². The van der Waals surface area contributed by atoms with Crippen molar-refractivity contribution in [1.82, 2.24) is 15.6 Å². The number of nitrogens with zero attached hydrogens (tertiary/aromatic N) is 2. The molecule has 0 saturated carbocycles. The fourth-order valence-electron chi connectivity index (χ4n) is 1.84. The molecule has 0 saturated heterocycles. The Labute approximate surface area is 156 Å². The standard InChI is InChI=1S/C15H19N5OS.HI/c1-10-7-18-13(22-10)9-20-15(17-2)19-8-11-3-5-12(6-4-11)14(16)21;/h3-7H,8-9H2,1-2H3,(H2,16,21)(H2,17,19,20);1H. The number of carbonyl (C=O) groups is 1. The Bertz CT molecular complexity index is 669. The normalized spacial score (nSPS) is 10.8. The molecule has 1 heterocycles. The number of aryl methyl sites for hydroxylation is 1.